The molecule has 30 heavy (non-hydrogen) atoms. The van der Waals surface area contributed by atoms with E-state index < -0.39 is 0 Å². The van der Waals surface area contributed by atoms with E-state index in [-0.39, 0.29) is 11.2 Å². The van der Waals surface area contributed by atoms with Crippen LogP contribution in [-0.2, 0) is 16.1 Å². The molecule has 1 atom stereocenters. The second-order valence-corrected chi connectivity index (χ2v) is 9.26. The number of benzene rings is 1. The van der Waals surface area contributed by atoms with Gasteiger partial charge >= 0.3 is 0 Å². The fourth-order valence-electron chi connectivity index (χ4n) is 4.03. The first kappa shape index (κ1) is 21.2. The Balaban J connectivity index is 1.53. The van der Waals surface area contributed by atoms with Crippen molar-refractivity contribution < 1.29 is 9.53 Å². The lowest BCUT2D eigenvalue weighted by Crippen LogP contribution is -2.38. The molecule has 1 aromatic heterocycles. The number of carbonyl (C=O) groups is 1. The molecule has 2 aromatic rings. The summed E-state index contributed by atoms with van der Waals surface area (Å²) in [4.78, 5) is 17.3. The van der Waals surface area contributed by atoms with E-state index in [9.17, 15) is 4.79 Å². The molecule has 2 aliphatic rings. The zero-order chi connectivity index (χ0) is 20.8. The number of hydrogen-bond donors (Lipinski definition) is 0. The van der Waals surface area contributed by atoms with Crippen LogP contribution < -0.4 is 4.90 Å². The number of likely N-dealkylation sites (tertiary alicyclic amines) is 1. The largest absolute Gasteiger partial charge is 0.378 e. The van der Waals surface area contributed by atoms with E-state index in [2.05, 4.69) is 31.8 Å². The molecule has 8 heteroatoms. The quantitative estimate of drug-likeness (QED) is 0.658. The first-order valence-corrected chi connectivity index (χ1v) is 11.9. The maximum Gasteiger partial charge on any atom is 0.235 e. The van der Waals surface area contributed by atoms with Gasteiger partial charge in [0, 0.05) is 26.2 Å². The van der Waals surface area contributed by atoms with Crippen molar-refractivity contribution in [1.82, 2.24) is 19.7 Å². The Bertz CT molecular complexity index is 814. The third kappa shape index (κ3) is 5.16. The molecular formula is C22H31N5O2S. The molecule has 1 aromatic carbocycles. The van der Waals surface area contributed by atoms with Crippen LogP contribution in [0.3, 0.4) is 0 Å². The summed E-state index contributed by atoms with van der Waals surface area (Å²) in [6.07, 6.45) is 4.65. The van der Waals surface area contributed by atoms with Gasteiger partial charge in [0.1, 0.15) is 0 Å². The smallest absolute Gasteiger partial charge is 0.235 e. The Morgan fingerprint density at radius 2 is 1.73 bits per heavy atom. The predicted octanol–water partition coefficient (Wildman–Crippen LogP) is 3.05. The van der Waals surface area contributed by atoms with Crippen molar-refractivity contribution in [1.29, 1.82) is 0 Å². The van der Waals surface area contributed by atoms with Crippen LogP contribution in [0.1, 0.15) is 38.2 Å². The van der Waals surface area contributed by atoms with Crippen molar-refractivity contribution in [2.24, 2.45) is 0 Å². The van der Waals surface area contributed by atoms with Gasteiger partial charge in [-0.15, -0.1) is 10.2 Å². The minimum absolute atomic E-state index is 0.181. The second-order valence-electron chi connectivity index (χ2n) is 7.95. The second kappa shape index (κ2) is 10.3. The van der Waals surface area contributed by atoms with Crippen molar-refractivity contribution in [3.05, 3.63) is 35.9 Å². The van der Waals surface area contributed by atoms with Gasteiger partial charge in [0.05, 0.1) is 25.0 Å². The van der Waals surface area contributed by atoms with E-state index in [0.717, 1.165) is 50.1 Å². The van der Waals surface area contributed by atoms with Crippen molar-refractivity contribution in [3.8, 4) is 0 Å². The first-order valence-electron chi connectivity index (χ1n) is 11.0. The number of aromatic nitrogens is 3. The molecule has 0 N–H and O–H groups in total. The summed E-state index contributed by atoms with van der Waals surface area (Å²) in [6.45, 7) is 7.44. The Morgan fingerprint density at radius 3 is 2.43 bits per heavy atom. The highest BCUT2D eigenvalue weighted by Crippen LogP contribution is 2.28. The van der Waals surface area contributed by atoms with E-state index in [0.29, 0.717) is 19.8 Å². The van der Waals surface area contributed by atoms with Crippen LogP contribution >= 0.6 is 11.8 Å². The normalized spacial score (nSPS) is 18.8. The lowest BCUT2D eigenvalue weighted by molar-refractivity contribution is -0.130. The van der Waals surface area contributed by atoms with E-state index >= 15 is 0 Å². The highest BCUT2D eigenvalue weighted by Gasteiger charge is 2.26. The van der Waals surface area contributed by atoms with Crippen LogP contribution in [0.5, 0.6) is 0 Å². The standard InChI is InChI=1S/C22H31N5O2S/c1-18(20(28)25-11-7-2-3-8-12-25)30-22-24-23-21(26-13-15-29-16-14-26)27(22)17-19-9-5-4-6-10-19/h4-6,9-10,18H,2-3,7-8,11-17H2,1H3. The zero-order valence-corrected chi connectivity index (χ0v) is 18.5. The lowest BCUT2D eigenvalue weighted by Gasteiger charge is -2.28. The number of rotatable bonds is 6. The average Bonchev–Trinajstić information content (AvgIpc) is 2.99. The van der Waals surface area contributed by atoms with Crippen LogP contribution in [0.15, 0.2) is 35.5 Å². The highest BCUT2D eigenvalue weighted by atomic mass is 32.2. The minimum Gasteiger partial charge on any atom is -0.378 e. The molecule has 1 amide bonds. The van der Waals surface area contributed by atoms with Crippen molar-refractivity contribution in [2.45, 2.75) is 49.6 Å². The van der Waals surface area contributed by atoms with Gasteiger partial charge in [-0.2, -0.15) is 0 Å². The number of hydrogen-bond acceptors (Lipinski definition) is 6. The monoisotopic (exact) mass is 429 g/mol. The van der Waals surface area contributed by atoms with Gasteiger partial charge in [-0.3, -0.25) is 9.36 Å². The highest BCUT2D eigenvalue weighted by molar-refractivity contribution is 8.00. The molecular weight excluding hydrogens is 398 g/mol. The molecule has 0 radical (unpaired) electrons. The van der Waals surface area contributed by atoms with Gasteiger partial charge in [0.15, 0.2) is 5.16 Å². The Morgan fingerprint density at radius 1 is 1.03 bits per heavy atom. The molecule has 162 valence electrons. The minimum atomic E-state index is -0.181. The number of amides is 1. The van der Waals surface area contributed by atoms with Crippen LogP contribution in [0.25, 0.3) is 0 Å². The van der Waals surface area contributed by atoms with Gasteiger partial charge in [0.2, 0.25) is 11.9 Å². The third-order valence-electron chi connectivity index (χ3n) is 5.72. The van der Waals surface area contributed by atoms with Gasteiger partial charge < -0.3 is 14.5 Å². The van der Waals surface area contributed by atoms with Crippen LogP contribution in [0.4, 0.5) is 5.95 Å². The molecule has 2 aliphatic heterocycles. The van der Waals surface area contributed by atoms with E-state index in [1.807, 2.05) is 30.0 Å². The Kier molecular flexibility index (Phi) is 7.28. The number of morpholine rings is 1. The molecule has 0 bridgehead atoms. The van der Waals surface area contributed by atoms with Crippen molar-refractivity contribution in [2.75, 3.05) is 44.3 Å². The Hall–Kier alpha value is -2.06. The maximum atomic E-state index is 13.1. The fraction of sp³-hybridized carbons (Fsp3) is 0.591. The summed E-state index contributed by atoms with van der Waals surface area (Å²) in [6, 6.07) is 10.3. The molecule has 2 fully saturated rings. The number of nitrogens with zero attached hydrogens (tertiary/aromatic N) is 5. The Labute approximate surface area is 182 Å². The van der Waals surface area contributed by atoms with Crippen LogP contribution in [0.2, 0.25) is 0 Å². The van der Waals surface area contributed by atoms with E-state index in [1.165, 1.54) is 30.2 Å². The number of ether oxygens (including phenoxy) is 1. The third-order valence-corrected chi connectivity index (χ3v) is 6.79. The predicted molar refractivity (Wildman–Crippen MR) is 119 cm³/mol. The molecule has 3 heterocycles. The molecule has 1 unspecified atom stereocenters. The first-order chi connectivity index (χ1) is 14.7. The summed E-state index contributed by atoms with van der Waals surface area (Å²) in [7, 11) is 0. The molecule has 0 spiro atoms. The fourth-order valence-corrected chi connectivity index (χ4v) is 4.95. The summed E-state index contributed by atoms with van der Waals surface area (Å²) < 4.78 is 7.66. The van der Waals surface area contributed by atoms with Gasteiger partial charge in [0.25, 0.3) is 0 Å². The lowest BCUT2D eigenvalue weighted by atomic mass is 10.2. The van der Waals surface area contributed by atoms with Crippen LogP contribution in [-0.4, -0.2) is 70.2 Å². The van der Waals surface area contributed by atoms with E-state index in [4.69, 9.17) is 4.74 Å². The molecule has 2 saturated heterocycles. The zero-order valence-electron chi connectivity index (χ0n) is 17.7. The number of carbonyl (C=O) groups excluding carboxylic acids is 1. The molecule has 0 aliphatic carbocycles. The topological polar surface area (TPSA) is 63.5 Å². The van der Waals surface area contributed by atoms with E-state index in [1.54, 1.807) is 0 Å². The maximum absolute atomic E-state index is 13.1. The average molecular weight is 430 g/mol. The van der Waals surface area contributed by atoms with Crippen molar-refractivity contribution in [3.63, 3.8) is 0 Å². The van der Waals surface area contributed by atoms with Gasteiger partial charge in [-0.1, -0.05) is 54.9 Å². The van der Waals surface area contributed by atoms with Crippen LogP contribution in [0, 0.1) is 0 Å². The number of thioether (sulfide) groups is 1. The molecule has 0 saturated carbocycles. The summed E-state index contributed by atoms with van der Waals surface area (Å²) in [5.74, 6) is 1.07. The summed E-state index contributed by atoms with van der Waals surface area (Å²) in [5.41, 5.74) is 1.19. The van der Waals surface area contributed by atoms with Gasteiger partial charge in [-0.05, 0) is 25.3 Å². The van der Waals surface area contributed by atoms with Crippen molar-refractivity contribution >= 4 is 23.6 Å². The summed E-state index contributed by atoms with van der Waals surface area (Å²) >= 11 is 1.52. The molecule has 4 rings (SSSR count). The number of anilines is 1. The summed E-state index contributed by atoms with van der Waals surface area (Å²) in [5, 5.41) is 9.63. The van der Waals surface area contributed by atoms with Gasteiger partial charge in [-0.25, -0.2) is 0 Å². The SMILES string of the molecule is CC(Sc1nnc(N2CCOCC2)n1Cc1ccccc1)C(=O)N1CCCCCC1. The molecule has 7 nitrogen and oxygen atoms in total.